The fourth-order valence-corrected chi connectivity index (χ4v) is 4.92. The quantitative estimate of drug-likeness (QED) is 0.0300. The first-order chi connectivity index (χ1) is 24.8. The minimum atomic E-state index is -1.62. The molecule has 0 aromatic rings. The van der Waals surface area contributed by atoms with Crippen molar-refractivity contribution < 1.29 is 49.0 Å². The highest BCUT2D eigenvalue weighted by atomic mass is 16.7. The monoisotopic (exact) mass is 716 g/mol. The molecule has 0 bridgehead atoms. The summed E-state index contributed by atoms with van der Waals surface area (Å²) in [5.74, 6) is -0.985. The van der Waals surface area contributed by atoms with Crippen LogP contribution in [0.2, 0.25) is 0 Å². The zero-order valence-corrected chi connectivity index (χ0v) is 30.8. The first-order valence-corrected chi connectivity index (χ1v) is 18.7. The number of aliphatic hydroxyl groups excluding tert-OH is 4. The molecule has 0 radical (unpaired) electrons. The maximum atomic E-state index is 12.6. The second-order valence-electron chi connectivity index (χ2n) is 12.4. The van der Waals surface area contributed by atoms with Crippen LogP contribution < -0.4 is 0 Å². The molecule has 6 atom stereocenters. The predicted octanol–water partition coefficient (Wildman–Crippen LogP) is 6.65. The van der Waals surface area contributed by atoms with Crippen LogP contribution >= 0.6 is 0 Å². The van der Waals surface area contributed by atoms with Crippen molar-refractivity contribution in [3.63, 3.8) is 0 Å². The molecule has 4 N–H and O–H groups in total. The number of hydrogen-bond acceptors (Lipinski definition) is 10. The molecule has 1 aliphatic heterocycles. The SMILES string of the molecule is CC/C=C/C=C/C=C/C=C/C=C/CCCC(=O)OCC(CO[C@H]1O[C@@H](CO)[C@@H](O)C(O)C1O)OC(=O)CC/C=C/C/C=C/CCCCCCCC. The number of rotatable bonds is 28. The summed E-state index contributed by atoms with van der Waals surface area (Å²) in [6.45, 7) is 3.09. The van der Waals surface area contributed by atoms with E-state index in [1.54, 1.807) is 0 Å². The van der Waals surface area contributed by atoms with Crippen LogP contribution in [0.1, 0.15) is 104 Å². The summed E-state index contributed by atoms with van der Waals surface area (Å²) in [7, 11) is 0. The number of carbonyl (C=O) groups excluding carboxylic acids is 2. The average Bonchev–Trinajstić information content (AvgIpc) is 3.13. The van der Waals surface area contributed by atoms with E-state index in [0.717, 1.165) is 19.3 Å². The third kappa shape index (κ3) is 23.9. The molecule has 0 aliphatic carbocycles. The molecule has 1 heterocycles. The standard InChI is InChI=1S/C41H64O10/c1-3-5-7-9-11-13-15-17-19-21-23-25-27-29-36(43)48-32-34(33-49-41-40(47)39(46)38(45)35(31-42)51-41)50-37(44)30-28-26-24-22-20-18-16-14-12-10-8-6-4-2/h5,7,9,11,13,15,17-21,23-24,26,34-35,38-42,45-47H,3-4,6,8,10,12,14,16,22,25,27-33H2,1-2H3/b7-5+,11-9+,15-13+,19-17+,20-18+,23-21+,26-24+/t34?,35-,38+,39?,40?,41-/m0/s1. The van der Waals surface area contributed by atoms with Gasteiger partial charge in [-0.3, -0.25) is 9.59 Å². The second-order valence-corrected chi connectivity index (χ2v) is 12.4. The van der Waals surface area contributed by atoms with Gasteiger partial charge in [-0.25, -0.2) is 0 Å². The molecule has 0 saturated carbocycles. The molecule has 10 heteroatoms. The van der Waals surface area contributed by atoms with E-state index < -0.39 is 55.4 Å². The third-order valence-electron chi connectivity index (χ3n) is 7.91. The van der Waals surface area contributed by atoms with Gasteiger partial charge in [0, 0.05) is 12.8 Å². The van der Waals surface area contributed by atoms with Crippen molar-refractivity contribution in [2.24, 2.45) is 0 Å². The summed E-state index contributed by atoms with van der Waals surface area (Å²) in [5, 5.41) is 39.9. The van der Waals surface area contributed by atoms with Crippen molar-refractivity contribution in [3.8, 4) is 0 Å². The van der Waals surface area contributed by atoms with Gasteiger partial charge in [-0.15, -0.1) is 0 Å². The van der Waals surface area contributed by atoms with Crippen molar-refractivity contribution in [2.75, 3.05) is 19.8 Å². The lowest BCUT2D eigenvalue weighted by Gasteiger charge is -2.39. The molecule has 1 aliphatic rings. The van der Waals surface area contributed by atoms with E-state index in [4.69, 9.17) is 18.9 Å². The molecule has 0 aromatic heterocycles. The van der Waals surface area contributed by atoms with Gasteiger partial charge in [0.15, 0.2) is 12.4 Å². The van der Waals surface area contributed by atoms with Crippen molar-refractivity contribution in [2.45, 2.75) is 141 Å². The van der Waals surface area contributed by atoms with E-state index in [-0.39, 0.29) is 26.1 Å². The minimum absolute atomic E-state index is 0.103. The fraction of sp³-hybridized carbons (Fsp3) is 0.610. The molecule has 1 saturated heterocycles. The normalized spacial score (nSPS) is 22.2. The van der Waals surface area contributed by atoms with E-state index in [9.17, 15) is 30.0 Å². The van der Waals surface area contributed by atoms with Crippen molar-refractivity contribution in [1.82, 2.24) is 0 Å². The van der Waals surface area contributed by atoms with Crippen LogP contribution in [0.4, 0.5) is 0 Å². The number of allylic oxidation sites excluding steroid dienone is 14. The number of aliphatic hydroxyl groups is 4. The second kappa shape index (κ2) is 31.6. The zero-order chi connectivity index (χ0) is 37.4. The number of unbranched alkanes of at least 4 members (excludes halogenated alkanes) is 7. The van der Waals surface area contributed by atoms with Gasteiger partial charge in [-0.1, -0.05) is 131 Å². The van der Waals surface area contributed by atoms with Crippen molar-refractivity contribution >= 4 is 11.9 Å². The van der Waals surface area contributed by atoms with Crippen LogP contribution in [0.25, 0.3) is 0 Å². The predicted molar refractivity (Wildman–Crippen MR) is 201 cm³/mol. The van der Waals surface area contributed by atoms with Gasteiger partial charge >= 0.3 is 11.9 Å². The Kier molecular flexibility index (Phi) is 28.4. The Labute approximate surface area is 305 Å². The number of hydrogen-bond donors (Lipinski definition) is 4. The highest BCUT2D eigenvalue weighted by Crippen LogP contribution is 2.22. The van der Waals surface area contributed by atoms with Gasteiger partial charge < -0.3 is 39.4 Å². The molecule has 0 aromatic carbocycles. The topological polar surface area (TPSA) is 152 Å². The summed E-state index contributed by atoms with van der Waals surface area (Å²) in [6, 6.07) is 0. The molecule has 10 nitrogen and oxygen atoms in total. The van der Waals surface area contributed by atoms with Gasteiger partial charge in [-0.2, -0.15) is 0 Å². The molecule has 0 amide bonds. The lowest BCUT2D eigenvalue weighted by molar-refractivity contribution is -0.305. The average molecular weight is 717 g/mol. The molecular weight excluding hydrogens is 652 g/mol. The van der Waals surface area contributed by atoms with E-state index in [1.807, 2.05) is 66.8 Å². The van der Waals surface area contributed by atoms with Crippen LogP contribution in [-0.2, 0) is 28.5 Å². The summed E-state index contributed by atoms with van der Waals surface area (Å²) >= 11 is 0. The Balaban J connectivity index is 2.53. The van der Waals surface area contributed by atoms with Crippen LogP contribution in [0.3, 0.4) is 0 Å². The van der Waals surface area contributed by atoms with Gasteiger partial charge in [0.05, 0.1) is 13.2 Å². The molecule has 288 valence electrons. The molecule has 51 heavy (non-hydrogen) atoms. The zero-order valence-electron chi connectivity index (χ0n) is 30.8. The maximum absolute atomic E-state index is 12.6. The Morgan fingerprint density at radius 1 is 0.647 bits per heavy atom. The number of ether oxygens (including phenoxy) is 4. The number of carbonyl (C=O) groups is 2. The lowest BCUT2D eigenvalue weighted by atomic mass is 9.99. The van der Waals surface area contributed by atoms with Crippen molar-refractivity contribution in [3.05, 3.63) is 85.1 Å². The van der Waals surface area contributed by atoms with Gasteiger partial charge in [-0.05, 0) is 44.9 Å². The Hall–Kier alpha value is -3.12. The van der Waals surface area contributed by atoms with E-state index in [1.165, 1.54) is 38.5 Å². The first-order valence-electron chi connectivity index (χ1n) is 18.7. The minimum Gasteiger partial charge on any atom is -0.462 e. The molecule has 1 rings (SSSR count). The van der Waals surface area contributed by atoms with Gasteiger partial charge in [0.1, 0.15) is 31.0 Å². The molecule has 3 unspecified atom stereocenters. The lowest BCUT2D eigenvalue weighted by Crippen LogP contribution is -2.59. The first kappa shape index (κ1) is 45.9. The van der Waals surface area contributed by atoms with E-state index in [2.05, 4.69) is 32.1 Å². The highest BCUT2D eigenvalue weighted by molar-refractivity contribution is 5.70. The van der Waals surface area contributed by atoms with E-state index in [0.29, 0.717) is 19.3 Å². The van der Waals surface area contributed by atoms with Crippen LogP contribution in [0.15, 0.2) is 85.1 Å². The largest absolute Gasteiger partial charge is 0.462 e. The summed E-state index contributed by atoms with van der Waals surface area (Å²) in [5.41, 5.74) is 0. The van der Waals surface area contributed by atoms with Crippen LogP contribution in [0.5, 0.6) is 0 Å². The van der Waals surface area contributed by atoms with Gasteiger partial charge in [0.2, 0.25) is 0 Å². The maximum Gasteiger partial charge on any atom is 0.306 e. The highest BCUT2D eigenvalue weighted by Gasteiger charge is 2.44. The molecule has 0 spiro atoms. The summed E-state index contributed by atoms with van der Waals surface area (Å²) in [4.78, 5) is 25.1. The van der Waals surface area contributed by atoms with Crippen LogP contribution in [0, 0.1) is 0 Å². The van der Waals surface area contributed by atoms with Crippen LogP contribution in [-0.4, -0.2) is 89.0 Å². The smallest absolute Gasteiger partial charge is 0.306 e. The van der Waals surface area contributed by atoms with Crippen molar-refractivity contribution in [1.29, 1.82) is 0 Å². The third-order valence-corrected chi connectivity index (χ3v) is 7.91. The summed E-state index contributed by atoms with van der Waals surface area (Å²) in [6.07, 6.45) is 31.9. The Morgan fingerprint density at radius 2 is 1.27 bits per heavy atom. The Bertz CT molecular complexity index is 1100. The Morgan fingerprint density at radius 3 is 1.96 bits per heavy atom. The number of esters is 2. The van der Waals surface area contributed by atoms with E-state index >= 15 is 0 Å². The van der Waals surface area contributed by atoms with Gasteiger partial charge in [0.25, 0.3) is 0 Å². The molecular formula is C41H64O10. The summed E-state index contributed by atoms with van der Waals surface area (Å²) < 4.78 is 21.9. The fourth-order valence-electron chi connectivity index (χ4n) is 4.92. The molecule has 1 fully saturated rings.